The average Bonchev–Trinajstić information content (AvgIpc) is 2.26. The third-order valence-electron chi connectivity index (χ3n) is 1.78. The Morgan fingerprint density at radius 1 is 1.57 bits per heavy atom. The second-order valence-corrected chi connectivity index (χ2v) is 2.52. The summed E-state index contributed by atoms with van der Waals surface area (Å²) in [6, 6.07) is 4.70. The van der Waals surface area contributed by atoms with E-state index in [4.69, 9.17) is 5.84 Å². The summed E-state index contributed by atoms with van der Waals surface area (Å²) in [4.78, 5) is 21.9. The molecule has 0 amide bonds. The number of benzene rings is 1. The minimum atomic E-state index is -0.566. The van der Waals surface area contributed by atoms with Crippen molar-refractivity contribution in [3.63, 3.8) is 0 Å². The van der Waals surface area contributed by atoms with Gasteiger partial charge in [-0.3, -0.25) is 10.6 Å². The van der Waals surface area contributed by atoms with Crippen molar-refractivity contribution in [3.8, 4) is 0 Å². The predicted molar refractivity (Wildman–Crippen MR) is 51.0 cm³/mol. The van der Waals surface area contributed by atoms with Crippen LogP contribution in [0.1, 0.15) is 20.7 Å². The third kappa shape index (κ3) is 1.72. The molecule has 0 aliphatic rings. The van der Waals surface area contributed by atoms with Crippen molar-refractivity contribution in [2.45, 2.75) is 0 Å². The first-order chi connectivity index (χ1) is 6.74. The normalized spacial score (nSPS) is 9.29. The molecule has 74 valence electrons. The number of hydrogen-bond acceptors (Lipinski definition) is 5. The van der Waals surface area contributed by atoms with Gasteiger partial charge in [0.2, 0.25) is 0 Å². The van der Waals surface area contributed by atoms with E-state index in [1.807, 2.05) is 0 Å². The second kappa shape index (κ2) is 4.38. The van der Waals surface area contributed by atoms with E-state index in [-0.39, 0.29) is 11.1 Å². The molecule has 5 nitrogen and oxygen atoms in total. The highest BCUT2D eigenvalue weighted by atomic mass is 16.5. The number of anilines is 1. The fourth-order valence-electron chi connectivity index (χ4n) is 1.11. The first-order valence-corrected chi connectivity index (χ1v) is 3.87. The molecule has 0 spiro atoms. The summed E-state index contributed by atoms with van der Waals surface area (Å²) < 4.78 is 4.51. The first-order valence-electron chi connectivity index (χ1n) is 3.87. The summed E-state index contributed by atoms with van der Waals surface area (Å²) in [6.07, 6.45) is 0.557. The van der Waals surface area contributed by atoms with Crippen LogP contribution in [-0.2, 0) is 4.74 Å². The molecule has 1 aromatic rings. The van der Waals surface area contributed by atoms with Crippen molar-refractivity contribution in [3.05, 3.63) is 29.3 Å². The Balaban J connectivity index is 3.28. The van der Waals surface area contributed by atoms with Crippen molar-refractivity contribution in [2.75, 3.05) is 12.5 Å². The smallest absolute Gasteiger partial charge is 0.338 e. The number of rotatable bonds is 3. The predicted octanol–water partition coefficient (Wildman–Crippen LogP) is 0.571. The zero-order valence-electron chi connectivity index (χ0n) is 7.61. The Kier molecular flexibility index (Phi) is 3.19. The minimum absolute atomic E-state index is 0.193. The maximum atomic E-state index is 11.2. The van der Waals surface area contributed by atoms with Crippen LogP contribution < -0.4 is 11.3 Å². The van der Waals surface area contributed by atoms with Crippen molar-refractivity contribution in [1.82, 2.24) is 0 Å². The van der Waals surface area contributed by atoms with Gasteiger partial charge in [0.25, 0.3) is 0 Å². The molecule has 0 radical (unpaired) electrons. The van der Waals surface area contributed by atoms with Gasteiger partial charge < -0.3 is 10.2 Å². The van der Waals surface area contributed by atoms with E-state index in [0.29, 0.717) is 12.0 Å². The van der Waals surface area contributed by atoms with Gasteiger partial charge in [-0.1, -0.05) is 6.07 Å². The monoisotopic (exact) mass is 194 g/mol. The Bertz CT molecular complexity index is 363. The maximum absolute atomic E-state index is 11.2. The molecule has 0 heterocycles. The molecule has 0 aliphatic heterocycles. The Morgan fingerprint density at radius 3 is 2.79 bits per heavy atom. The van der Waals surface area contributed by atoms with Gasteiger partial charge in [-0.15, -0.1) is 0 Å². The SMILES string of the molecule is COC(=O)c1cccc(NN)c1C=O. The van der Waals surface area contributed by atoms with Crippen LogP contribution in [0, 0.1) is 0 Å². The van der Waals surface area contributed by atoms with E-state index in [1.165, 1.54) is 13.2 Å². The number of methoxy groups -OCH3 is 1. The summed E-state index contributed by atoms with van der Waals surface area (Å²) in [6.45, 7) is 0. The molecule has 0 aliphatic carbocycles. The molecular weight excluding hydrogens is 184 g/mol. The van der Waals surface area contributed by atoms with E-state index in [9.17, 15) is 9.59 Å². The minimum Gasteiger partial charge on any atom is -0.465 e. The lowest BCUT2D eigenvalue weighted by molar-refractivity contribution is 0.0598. The van der Waals surface area contributed by atoms with E-state index >= 15 is 0 Å². The molecule has 0 fully saturated rings. The van der Waals surface area contributed by atoms with Crippen LogP contribution in [0.4, 0.5) is 5.69 Å². The number of nitrogen functional groups attached to an aromatic ring is 1. The number of esters is 1. The number of nitrogens with two attached hydrogens (primary N) is 1. The number of nitrogens with one attached hydrogen (secondary N) is 1. The topological polar surface area (TPSA) is 81.4 Å². The van der Waals surface area contributed by atoms with Gasteiger partial charge in [0.05, 0.1) is 23.9 Å². The lowest BCUT2D eigenvalue weighted by Crippen LogP contribution is -2.13. The van der Waals surface area contributed by atoms with Crippen molar-refractivity contribution >= 4 is 17.9 Å². The van der Waals surface area contributed by atoms with Crippen molar-refractivity contribution < 1.29 is 14.3 Å². The summed E-state index contributed by atoms with van der Waals surface area (Å²) >= 11 is 0. The van der Waals surface area contributed by atoms with Gasteiger partial charge in [-0.25, -0.2) is 4.79 Å². The third-order valence-corrected chi connectivity index (χ3v) is 1.78. The highest BCUT2D eigenvalue weighted by molar-refractivity contribution is 6.01. The van der Waals surface area contributed by atoms with Crippen LogP contribution in [0.2, 0.25) is 0 Å². The first kappa shape index (κ1) is 10.2. The van der Waals surface area contributed by atoms with Gasteiger partial charge in [0.15, 0.2) is 6.29 Å². The molecule has 0 saturated carbocycles. The molecule has 0 bridgehead atoms. The lowest BCUT2D eigenvalue weighted by atomic mass is 10.1. The molecule has 0 saturated heterocycles. The average molecular weight is 194 g/mol. The standard InChI is InChI=1S/C9H10N2O3/c1-14-9(13)6-3-2-4-8(11-10)7(6)5-12/h2-5,11H,10H2,1H3. The second-order valence-electron chi connectivity index (χ2n) is 2.52. The zero-order valence-corrected chi connectivity index (χ0v) is 7.61. The van der Waals surface area contributed by atoms with Crippen LogP contribution >= 0.6 is 0 Å². The van der Waals surface area contributed by atoms with Crippen LogP contribution in [0.25, 0.3) is 0 Å². The van der Waals surface area contributed by atoms with Crippen LogP contribution in [0.15, 0.2) is 18.2 Å². The fraction of sp³-hybridized carbons (Fsp3) is 0.111. The van der Waals surface area contributed by atoms with Gasteiger partial charge >= 0.3 is 5.97 Å². The summed E-state index contributed by atoms with van der Waals surface area (Å²) in [7, 11) is 1.25. The fourth-order valence-corrected chi connectivity index (χ4v) is 1.11. The number of hydrazine groups is 1. The van der Waals surface area contributed by atoms with Gasteiger partial charge in [-0.2, -0.15) is 0 Å². The highest BCUT2D eigenvalue weighted by Gasteiger charge is 2.13. The quantitative estimate of drug-likeness (QED) is 0.318. The molecule has 1 aromatic carbocycles. The van der Waals surface area contributed by atoms with Crippen LogP contribution in [0.3, 0.4) is 0 Å². The van der Waals surface area contributed by atoms with E-state index < -0.39 is 5.97 Å². The van der Waals surface area contributed by atoms with Crippen molar-refractivity contribution in [1.29, 1.82) is 0 Å². The van der Waals surface area contributed by atoms with Gasteiger partial charge in [0.1, 0.15) is 0 Å². The molecule has 5 heteroatoms. The molecule has 1 rings (SSSR count). The Hall–Kier alpha value is -1.88. The molecule has 0 atom stereocenters. The number of ether oxygens (including phenoxy) is 1. The molecule has 3 N–H and O–H groups in total. The highest BCUT2D eigenvalue weighted by Crippen LogP contribution is 2.17. The maximum Gasteiger partial charge on any atom is 0.338 e. The number of carbonyl (C=O) groups excluding carboxylic acids is 2. The molecular formula is C9H10N2O3. The number of carbonyl (C=O) groups is 2. The number of aldehydes is 1. The molecule has 0 aromatic heterocycles. The summed E-state index contributed by atoms with van der Waals surface area (Å²) in [5.41, 5.74) is 3.11. The Morgan fingerprint density at radius 2 is 2.29 bits per heavy atom. The van der Waals surface area contributed by atoms with Crippen LogP contribution in [0.5, 0.6) is 0 Å². The Labute approximate surface area is 80.8 Å². The van der Waals surface area contributed by atoms with E-state index in [0.717, 1.165) is 0 Å². The van der Waals surface area contributed by atoms with E-state index in [2.05, 4.69) is 10.2 Å². The number of hydrogen-bond donors (Lipinski definition) is 2. The summed E-state index contributed by atoms with van der Waals surface area (Å²) in [5, 5.41) is 0. The molecule has 14 heavy (non-hydrogen) atoms. The van der Waals surface area contributed by atoms with Gasteiger partial charge in [-0.05, 0) is 12.1 Å². The lowest BCUT2D eigenvalue weighted by Gasteiger charge is -2.07. The summed E-state index contributed by atoms with van der Waals surface area (Å²) in [5.74, 6) is 4.61. The van der Waals surface area contributed by atoms with Crippen LogP contribution in [-0.4, -0.2) is 19.4 Å². The zero-order chi connectivity index (χ0) is 10.6. The van der Waals surface area contributed by atoms with Crippen molar-refractivity contribution in [2.24, 2.45) is 5.84 Å². The molecule has 0 unspecified atom stereocenters. The van der Waals surface area contributed by atoms with E-state index in [1.54, 1.807) is 12.1 Å². The largest absolute Gasteiger partial charge is 0.465 e. The van der Waals surface area contributed by atoms with Gasteiger partial charge in [0, 0.05) is 0 Å².